The number of hydrogen-bond donors (Lipinski definition) is 0. The molecule has 1 aliphatic carbocycles. The summed E-state index contributed by atoms with van der Waals surface area (Å²) in [5.41, 5.74) is 3.02. The molecule has 2 aromatic carbocycles. The van der Waals surface area contributed by atoms with Crippen LogP contribution in [-0.4, -0.2) is 18.0 Å². The first-order valence-electron chi connectivity index (χ1n) is 9.20. The van der Waals surface area contributed by atoms with Gasteiger partial charge in [-0.1, -0.05) is 60.7 Å². The van der Waals surface area contributed by atoms with Gasteiger partial charge < -0.3 is 0 Å². The third-order valence-electron chi connectivity index (χ3n) is 5.74. The molecular formula is C22H27N. The second kappa shape index (κ2) is 6.88. The fraction of sp³-hybridized carbons (Fsp3) is 0.455. The molecule has 0 spiro atoms. The third-order valence-corrected chi connectivity index (χ3v) is 5.74. The van der Waals surface area contributed by atoms with Gasteiger partial charge in [0.2, 0.25) is 0 Å². The van der Waals surface area contributed by atoms with Crippen molar-refractivity contribution in [3.05, 3.63) is 71.8 Å². The molecule has 0 N–H and O–H groups in total. The van der Waals surface area contributed by atoms with Gasteiger partial charge in [0.1, 0.15) is 0 Å². The quantitative estimate of drug-likeness (QED) is 0.743. The normalized spacial score (nSPS) is 25.4. The molecule has 0 aromatic heterocycles. The summed E-state index contributed by atoms with van der Waals surface area (Å²) in [6.45, 7) is 3.69. The summed E-state index contributed by atoms with van der Waals surface area (Å²) in [4.78, 5) is 2.63. The minimum absolute atomic E-state index is 0.860. The van der Waals surface area contributed by atoms with E-state index in [1.54, 1.807) is 5.56 Å². The molecule has 0 amide bonds. The number of piperidine rings is 1. The molecule has 4 rings (SSSR count). The van der Waals surface area contributed by atoms with Crippen molar-refractivity contribution >= 4 is 0 Å². The Morgan fingerprint density at radius 1 is 0.826 bits per heavy atom. The van der Waals surface area contributed by atoms with Crippen LogP contribution in [0.15, 0.2) is 60.7 Å². The Hall–Kier alpha value is -1.60. The van der Waals surface area contributed by atoms with Crippen molar-refractivity contribution in [3.63, 3.8) is 0 Å². The van der Waals surface area contributed by atoms with E-state index in [9.17, 15) is 0 Å². The van der Waals surface area contributed by atoms with Crippen molar-refractivity contribution in [3.8, 4) is 0 Å². The van der Waals surface area contributed by atoms with Crippen molar-refractivity contribution in [2.45, 2.75) is 38.1 Å². The predicted molar refractivity (Wildman–Crippen MR) is 96.4 cm³/mol. The molecule has 1 nitrogen and oxygen atoms in total. The van der Waals surface area contributed by atoms with Crippen LogP contribution in [-0.2, 0) is 6.54 Å². The first kappa shape index (κ1) is 15.0. The first-order chi connectivity index (χ1) is 11.4. The highest BCUT2D eigenvalue weighted by Crippen LogP contribution is 2.51. The Morgan fingerprint density at radius 3 is 2.17 bits per heavy atom. The Balaban J connectivity index is 1.22. The second-order valence-corrected chi connectivity index (χ2v) is 7.45. The molecule has 0 bridgehead atoms. The lowest BCUT2D eigenvalue weighted by atomic mass is 9.90. The van der Waals surface area contributed by atoms with Crippen LogP contribution in [0.4, 0.5) is 0 Å². The molecule has 23 heavy (non-hydrogen) atoms. The van der Waals surface area contributed by atoms with Crippen molar-refractivity contribution in [2.75, 3.05) is 13.1 Å². The SMILES string of the molecule is c1ccc(CN2CCC(CC3CC3c3ccccc3)CC2)cc1. The van der Waals surface area contributed by atoms with Gasteiger partial charge in [0.25, 0.3) is 0 Å². The monoisotopic (exact) mass is 305 g/mol. The Kier molecular flexibility index (Phi) is 4.48. The molecule has 1 saturated heterocycles. The average Bonchev–Trinajstić information content (AvgIpc) is 3.38. The van der Waals surface area contributed by atoms with Crippen molar-refractivity contribution in [1.29, 1.82) is 0 Å². The van der Waals surface area contributed by atoms with Crippen LogP contribution in [0.5, 0.6) is 0 Å². The van der Waals surface area contributed by atoms with Gasteiger partial charge in [-0.3, -0.25) is 4.90 Å². The van der Waals surface area contributed by atoms with Gasteiger partial charge in [0, 0.05) is 6.54 Å². The summed E-state index contributed by atoms with van der Waals surface area (Å²) in [7, 11) is 0. The van der Waals surface area contributed by atoms with Gasteiger partial charge in [0.15, 0.2) is 0 Å². The van der Waals surface area contributed by atoms with Crippen molar-refractivity contribution in [1.82, 2.24) is 4.90 Å². The lowest BCUT2D eigenvalue weighted by molar-refractivity contribution is 0.168. The maximum Gasteiger partial charge on any atom is 0.0233 e. The largest absolute Gasteiger partial charge is 0.299 e. The molecule has 1 heterocycles. The number of hydrogen-bond acceptors (Lipinski definition) is 1. The van der Waals surface area contributed by atoms with E-state index in [1.165, 1.54) is 44.3 Å². The highest BCUT2D eigenvalue weighted by atomic mass is 15.1. The Bertz CT molecular complexity index is 598. The van der Waals surface area contributed by atoms with Crippen LogP contribution in [0.2, 0.25) is 0 Å². The summed E-state index contributed by atoms with van der Waals surface area (Å²) < 4.78 is 0. The summed E-state index contributed by atoms with van der Waals surface area (Å²) in [6, 6.07) is 22.0. The Labute approximate surface area is 140 Å². The molecule has 2 atom stereocenters. The van der Waals surface area contributed by atoms with Gasteiger partial charge in [-0.15, -0.1) is 0 Å². The fourth-order valence-corrected chi connectivity index (χ4v) is 4.27. The van der Waals surface area contributed by atoms with Gasteiger partial charge in [-0.2, -0.15) is 0 Å². The molecule has 1 saturated carbocycles. The lowest BCUT2D eigenvalue weighted by Crippen LogP contribution is -2.33. The van der Waals surface area contributed by atoms with Crippen LogP contribution in [0.25, 0.3) is 0 Å². The third kappa shape index (κ3) is 3.84. The Morgan fingerprint density at radius 2 is 1.48 bits per heavy atom. The second-order valence-electron chi connectivity index (χ2n) is 7.45. The maximum atomic E-state index is 2.63. The zero-order valence-electron chi connectivity index (χ0n) is 13.9. The van der Waals surface area contributed by atoms with Crippen molar-refractivity contribution < 1.29 is 0 Å². The number of likely N-dealkylation sites (tertiary alicyclic amines) is 1. The lowest BCUT2D eigenvalue weighted by Gasteiger charge is -2.32. The van der Waals surface area contributed by atoms with E-state index in [4.69, 9.17) is 0 Å². The van der Waals surface area contributed by atoms with Crippen LogP contribution in [0.3, 0.4) is 0 Å². The van der Waals surface area contributed by atoms with E-state index in [-0.39, 0.29) is 0 Å². The van der Waals surface area contributed by atoms with Gasteiger partial charge in [-0.25, -0.2) is 0 Å². The molecule has 2 fully saturated rings. The first-order valence-corrected chi connectivity index (χ1v) is 9.20. The van der Waals surface area contributed by atoms with Gasteiger partial charge in [0.05, 0.1) is 0 Å². The van der Waals surface area contributed by atoms with Crippen LogP contribution < -0.4 is 0 Å². The molecule has 1 heteroatoms. The fourth-order valence-electron chi connectivity index (χ4n) is 4.27. The van der Waals surface area contributed by atoms with Crippen LogP contribution in [0.1, 0.15) is 42.7 Å². The molecule has 1 aliphatic heterocycles. The molecule has 2 aliphatic rings. The van der Waals surface area contributed by atoms with E-state index in [0.29, 0.717) is 0 Å². The van der Waals surface area contributed by atoms with E-state index >= 15 is 0 Å². The van der Waals surface area contributed by atoms with Gasteiger partial charge >= 0.3 is 0 Å². The highest BCUT2D eigenvalue weighted by molar-refractivity contribution is 5.25. The zero-order chi connectivity index (χ0) is 15.5. The van der Waals surface area contributed by atoms with E-state index in [1.807, 2.05) is 0 Å². The van der Waals surface area contributed by atoms with E-state index in [0.717, 1.165) is 24.3 Å². The molecular weight excluding hydrogens is 278 g/mol. The van der Waals surface area contributed by atoms with Crippen LogP contribution >= 0.6 is 0 Å². The maximum absolute atomic E-state index is 2.63. The summed E-state index contributed by atoms with van der Waals surface area (Å²) in [5, 5.41) is 0. The molecule has 120 valence electrons. The minimum Gasteiger partial charge on any atom is -0.299 e. The number of nitrogens with zero attached hydrogens (tertiary/aromatic N) is 1. The number of rotatable bonds is 5. The molecule has 0 radical (unpaired) electrons. The summed E-state index contributed by atoms with van der Waals surface area (Å²) >= 11 is 0. The van der Waals surface area contributed by atoms with E-state index < -0.39 is 0 Å². The average molecular weight is 305 g/mol. The standard InChI is InChI=1S/C22H27N/c1-3-7-19(8-4-1)17-23-13-11-18(12-14-23)15-21-16-22(21)20-9-5-2-6-10-20/h1-10,18,21-22H,11-17H2. The predicted octanol–water partition coefficient (Wildman–Crippen LogP) is 5.09. The van der Waals surface area contributed by atoms with Crippen molar-refractivity contribution in [2.24, 2.45) is 11.8 Å². The van der Waals surface area contributed by atoms with Gasteiger partial charge in [-0.05, 0) is 67.7 Å². The summed E-state index contributed by atoms with van der Waals surface area (Å²) in [5.74, 6) is 2.78. The van der Waals surface area contributed by atoms with Crippen LogP contribution in [0, 0.1) is 11.8 Å². The number of benzene rings is 2. The molecule has 2 unspecified atom stereocenters. The molecule has 2 aromatic rings. The summed E-state index contributed by atoms with van der Waals surface area (Å²) in [6.07, 6.45) is 5.67. The minimum atomic E-state index is 0.860. The topological polar surface area (TPSA) is 3.24 Å². The van der Waals surface area contributed by atoms with E-state index in [2.05, 4.69) is 65.6 Å². The highest BCUT2D eigenvalue weighted by Gasteiger charge is 2.39. The zero-order valence-corrected chi connectivity index (χ0v) is 13.9. The smallest absolute Gasteiger partial charge is 0.0233 e.